The van der Waals surface area contributed by atoms with E-state index in [1.165, 1.54) is 0 Å². The number of hydrogen-bond donors (Lipinski definition) is 1. The van der Waals surface area contributed by atoms with Gasteiger partial charge < -0.3 is 5.73 Å². The number of rotatable bonds is 2. The van der Waals surface area contributed by atoms with Gasteiger partial charge in [-0.05, 0) is 19.9 Å². The highest BCUT2D eigenvalue weighted by Gasteiger charge is 1.81. The van der Waals surface area contributed by atoms with Gasteiger partial charge in [-0.15, -0.1) is 0 Å². The van der Waals surface area contributed by atoms with Crippen LogP contribution in [0.5, 0.6) is 0 Å². The standard InChI is InChI=1S/C5H12N2/c1-5(7-2)3-4-6/h3-4,6H2,1-2H3/b7-5-. The molecule has 42 valence electrons. The van der Waals surface area contributed by atoms with E-state index in [-0.39, 0.29) is 0 Å². The summed E-state index contributed by atoms with van der Waals surface area (Å²) in [5.74, 6) is 0. The molecule has 0 amide bonds. The Bertz CT molecular complexity index is 66.5. The lowest BCUT2D eigenvalue weighted by Crippen LogP contribution is -2.03. The van der Waals surface area contributed by atoms with Gasteiger partial charge in [0.15, 0.2) is 0 Å². The zero-order chi connectivity index (χ0) is 5.70. The average molecular weight is 100 g/mol. The van der Waals surface area contributed by atoms with E-state index >= 15 is 0 Å². The van der Waals surface area contributed by atoms with Gasteiger partial charge in [-0.3, -0.25) is 4.99 Å². The van der Waals surface area contributed by atoms with Crippen LogP contribution >= 0.6 is 0 Å². The normalized spacial score (nSPS) is 12.1. The van der Waals surface area contributed by atoms with E-state index < -0.39 is 0 Å². The molecule has 0 unspecified atom stereocenters. The lowest BCUT2D eigenvalue weighted by molar-refractivity contribution is 1.03. The van der Waals surface area contributed by atoms with Gasteiger partial charge in [-0.1, -0.05) is 0 Å². The summed E-state index contributed by atoms with van der Waals surface area (Å²) in [6.07, 6.45) is 0.927. The van der Waals surface area contributed by atoms with E-state index in [1.807, 2.05) is 6.92 Å². The zero-order valence-electron chi connectivity index (χ0n) is 4.94. The fourth-order valence-electron chi connectivity index (χ4n) is 0.321. The SMILES string of the molecule is C/N=C(/C)CCN. The second-order valence-corrected chi connectivity index (χ2v) is 1.50. The van der Waals surface area contributed by atoms with Crippen molar-refractivity contribution in [3.63, 3.8) is 0 Å². The van der Waals surface area contributed by atoms with Crippen LogP contribution < -0.4 is 5.73 Å². The Hall–Kier alpha value is -0.370. The average Bonchev–Trinajstić information content (AvgIpc) is 1.68. The Balaban J connectivity index is 3.17. The van der Waals surface area contributed by atoms with Crippen molar-refractivity contribution in [2.24, 2.45) is 10.7 Å². The first-order chi connectivity index (χ1) is 3.31. The van der Waals surface area contributed by atoms with Crippen molar-refractivity contribution >= 4 is 5.71 Å². The first-order valence-corrected chi connectivity index (χ1v) is 2.43. The largest absolute Gasteiger partial charge is 0.330 e. The minimum atomic E-state index is 0.711. The Morgan fingerprint density at radius 2 is 2.29 bits per heavy atom. The Labute approximate surface area is 44.4 Å². The van der Waals surface area contributed by atoms with Gasteiger partial charge in [0.2, 0.25) is 0 Å². The Morgan fingerprint density at radius 3 is 2.43 bits per heavy atom. The van der Waals surface area contributed by atoms with E-state index in [0.717, 1.165) is 12.1 Å². The maximum atomic E-state index is 5.22. The van der Waals surface area contributed by atoms with Crippen molar-refractivity contribution in [3.8, 4) is 0 Å². The van der Waals surface area contributed by atoms with E-state index in [9.17, 15) is 0 Å². The van der Waals surface area contributed by atoms with Crippen molar-refractivity contribution in [3.05, 3.63) is 0 Å². The predicted octanol–water partition coefficient (Wildman–Crippen LogP) is 0.426. The van der Waals surface area contributed by atoms with Gasteiger partial charge in [-0.2, -0.15) is 0 Å². The smallest absolute Gasteiger partial charge is 0.0276 e. The lowest BCUT2D eigenvalue weighted by atomic mass is 10.3. The number of nitrogens with two attached hydrogens (primary N) is 1. The third-order valence-corrected chi connectivity index (χ3v) is 0.888. The molecule has 0 spiro atoms. The van der Waals surface area contributed by atoms with E-state index in [0.29, 0.717) is 6.54 Å². The van der Waals surface area contributed by atoms with Crippen molar-refractivity contribution in [1.82, 2.24) is 0 Å². The predicted molar refractivity (Wildman–Crippen MR) is 32.7 cm³/mol. The fourth-order valence-corrected chi connectivity index (χ4v) is 0.321. The van der Waals surface area contributed by atoms with E-state index in [4.69, 9.17) is 5.73 Å². The van der Waals surface area contributed by atoms with Crippen LogP contribution in [0.4, 0.5) is 0 Å². The van der Waals surface area contributed by atoms with Crippen LogP contribution in [0.25, 0.3) is 0 Å². The topological polar surface area (TPSA) is 38.4 Å². The van der Waals surface area contributed by atoms with Crippen molar-refractivity contribution < 1.29 is 0 Å². The summed E-state index contributed by atoms with van der Waals surface area (Å²) in [6, 6.07) is 0. The van der Waals surface area contributed by atoms with Gasteiger partial charge >= 0.3 is 0 Å². The molecule has 0 aliphatic carbocycles. The monoisotopic (exact) mass is 100 g/mol. The number of aliphatic imine (C=N–C) groups is 1. The molecule has 0 aliphatic rings. The second-order valence-electron chi connectivity index (χ2n) is 1.50. The van der Waals surface area contributed by atoms with Crippen LogP contribution in [0.1, 0.15) is 13.3 Å². The molecule has 2 nitrogen and oxygen atoms in total. The third-order valence-electron chi connectivity index (χ3n) is 0.888. The molecular formula is C5H12N2. The highest BCUT2D eigenvalue weighted by Crippen LogP contribution is 1.78. The molecule has 0 aromatic heterocycles. The van der Waals surface area contributed by atoms with Crippen molar-refractivity contribution in [1.29, 1.82) is 0 Å². The molecular weight excluding hydrogens is 88.1 g/mol. The molecule has 2 N–H and O–H groups in total. The van der Waals surface area contributed by atoms with Gasteiger partial charge in [0.05, 0.1) is 0 Å². The van der Waals surface area contributed by atoms with Gasteiger partial charge in [0.25, 0.3) is 0 Å². The molecule has 0 heterocycles. The quantitative estimate of drug-likeness (QED) is 0.502. The van der Waals surface area contributed by atoms with Crippen molar-refractivity contribution in [2.75, 3.05) is 13.6 Å². The summed E-state index contributed by atoms with van der Waals surface area (Å²) < 4.78 is 0. The van der Waals surface area contributed by atoms with Crippen molar-refractivity contribution in [2.45, 2.75) is 13.3 Å². The molecule has 0 saturated heterocycles. The molecule has 0 saturated carbocycles. The fraction of sp³-hybridized carbons (Fsp3) is 0.800. The number of hydrogen-bond acceptors (Lipinski definition) is 2. The second kappa shape index (κ2) is 3.81. The molecule has 0 bridgehead atoms. The summed E-state index contributed by atoms with van der Waals surface area (Å²) in [5, 5.41) is 0. The first-order valence-electron chi connectivity index (χ1n) is 2.43. The van der Waals surface area contributed by atoms with Crippen LogP contribution in [0.3, 0.4) is 0 Å². The van der Waals surface area contributed by atoms with Crippen LogP contribution in [0, 0.1) is 0 Å². The van der Waals surface area contributed by atoms with Gasteiger partial charge in [-0.25, -0.2) is 0 Å². The van der Waals surface area contributed by atoms with Crippen LogP contribution in [0.2, 0.25) is 0 Å². The third kappa shape index (κ3) is 3.46. The summed E-state index contributed by atoms with van der Waals surface area (Å²) in [6.45, 7) is 2.69. The Morgan fingerprint density at radius 1 is 1.71 bits per heavy atom. The minimum Gasteiger partial charge on any atom is -0.330 e. The first kappa shape index (κ1) is 6.63. The molecule has 0 atom stereocenters. The van der Waals surface area contributed by atoms with Crippen LogP contribution in [-0.4, -0.2) is 19.3 Å². The van der Waals surface area contributed by atoms with Crippen LogP contribution in [-0.2, 0) is 0 Å². The van der Waals surface area contributed by atoms with E-state index in [2.05, 4.69) is 4.99 Å². The zero-order valence-corrected chi connectivity index (χ0v) is 4.94. The number of nitrogens with zero attached hydrogens (tertiary/aromatic N) is 1. The van der Waals surface area contributed by atoms with Gasteiger partial charge in [0, 0.05) is 12.8 Å². The summed E-state index contributed by atoms with van der Waals surface area (Å²) >= 11 is 0. The summed E-state index contributed by atoms with van der Waals surface area (Å²) in [4.78, 5) is 3.91. The molecule has 2 heteroatoms. The molecule has 0 aliphatic heterocycles. The summed E-state index contributed by atoms with van der Waals surface area (Å²) in [5.41, 5.74) is 6.35. The summed E-state index contributed by atoms with van der Waals surface area (Å²) in [7, 11) is 1.78. The molecule has 7 heavy (non-hydrogen) atoms. The molecule has 0 fully saturated rings. The van der Waals surface area contributed by atoms with Crippen LogP contribution in [0.15, 0.2) is 4.99 Å². The minimum absolute atomic E-state index is 0.711. The Kier molecular flexibility index (Phi) is 3.61. The molecule has 0 radical (unpaired) electrons. The highest BCUT2D eigenvalue weighted by atomic mass is 14.7. The molecule has 0 aromatic rings. The maximum Gasteiger partial charge on any atom is 0.0276 e. The molecule has 0 rings (SSSR count). The van der Waals surface area contributed by atoms with Gasteiger partial charge in [0.1, 0.15) is 0 Å². The maximum absolute atomic E-state index is 5.22. The lowest BCUT2D eigenvalue weighted by Gasteiger charge is -1.90. The molecule has 0 aromatic carbocycles. The highest BCUT2D eigenvalue weighted by molar-refractivity contribution is 5.81. The van der Waals surface area contributed by atoms with E-state index in [1.54, 1.807) is 7.05 Å².